The second-order valence-electron chi connectivity index (χ2n) is 7.22. The number of rotatable bonds is 10. The largest absolute Gasteiger partial charge is 0.497 e. The van der Waals surface area contributed by atoms with Crippen molar-refractivity contribution < 1.29 is 19.0 Å². The van der Waals surface area contributed by atoms with Crippen LogP contribution in [-0.4, -0.2) is 70.9 Å². The maximum absolute atomic E-state index is 11.9. The Morgan fingerprint density at radius 1 is 1.21 bits per heavy atom. The summed E-state index contributed by atoms with van der Waals surface area (Å²) < 4.78 is 16.7. The number of nitrogens with one attached hydrogen (secondary N) is 2. The van der Waals surface area contributed by atoms with Crippen LogP contribution in [0.15, 0.2) is 23.2 Å². The lowest BCUT2D eigenvalue weighted by atomic mass is 10.2. The van der Waals surface area contributed by atoms with Crippen LogP contribution in [0, 0.1) is 0 Å². The highest BCUT2D eigenvalue weighted by molar-refractivity contribution is 5.86. The first-order chi connectivity index (χ1) is 14.0. The van der Waals surface area contributed by atoms with Gasteiger partial charge in [0.2, 0.25) is 5.91 Å². The zero-order valence-corrected chi connectivity index (χ0v) is 18.0. The number of nitrogens with zero attached hydrogens (tertiary/aromatic N) is 2. The minimum atomic E-state index is -0.0269. The molecule has 0 spiro atoms. The fourth-order valence-corrected chi connectivity index (χ4v) is 3.02. The van der Waals surface area contributed by atoms with Gasteiger partial charge >= 0.3 is 0 Å². The number of amides is 1. The van der Waals surface area contributed by atoms with Gasteiger partial charge in [-0.25, -0.2) is 4.99 Å². The summed E-state index contributed by atoms with van der Waals surface area (Å²) in [5.74, 6) is 2.10. The molecule has 1 saturated carbocycles. The van der Waals surface area contributed by atoms with Crippen LogP contribution in [0.5, 0.6) is 11.5 Å². The first-order valence-corrected chi connectivity index (χ1v) is 10.1. The van der Waals surface area contributed by atoms with Crippen molar-refractivity contribution in [3.05, 3.63) is 23.8 Å². The fraction of sp³-hybridized carbons (Fsp3) is 0.619. The molecule has 29 heavy (non-hydrogen) atoms. The maximum atomic E-state index is 11.9. The molecule has 0 radical (unpaired) electrons. The van der Waals surface area contributed by atoms with Crippen molar-refractivity contribution >= 4 is 11.9 Å². The van der Waals surface area contributed by atoms with E-state index in [-0.39, 0.29) is 18.6 Å². The zero-order chi connectivity index (χ0) is 21.1. The van der Waals surface area contributed by atoms with Gasteiger partial charge < -0.3 is 29.7 Å². The van der Waals surface area contributed by atoms with Gasteiger partial charge in [-0.2, -0.15) is 0 Å². The summed E-state index contributed by atoms with van der Waals surface area (Å²) in [4.78, 5) is 18.1. The number of hydrogen-bond acceptors (Lipinski definition) is 5. The number of hydrogen-bond donors (Lipinski definition) is 2. The normalized spacial score (nSPS) is 14.6. The van der Waals surface area contributed by atoms with E-state index in [0.29, 0.717) is 25.7 Å². The van der Waals surface area contributed by atoms with E-state index in [1.807, 2.05) is 18.2 Å². The summed E-state index contributed by atoms with van der Waals surface area (Å²) in [6.07, 6.45) is 4.83. The smallest absolute Gasteiger partial charge is 0.241 e. The van der Waals surface area contributed by atoms with Gasteiger partial charge in [-0.3, -0.25) is 4.79 Å². The SMILES string of the molecule is COCCNC(=NCc1ccc(OC)cc1OC1CCCC1)NCC(=O)N(C)C. The van der Waals surface area contributed by atoms with E-state index in [1.165, 1.54) is 17.7 Å². The molecule has 8 nitrogen and oxygen atoms in total. The fourth-order valence-electron chi connectivity index (χ4n) is 3.02. The summed E-state index contributed by atoms with van der Waals surface area (Å²) in [6.45, 7) is 1.72. The first kappa shape index (κ1) is 22.8. The molecule has 1 aromatic carbocycles. The van der Waals surface area contributed by atoms with Gasteiger partial charge in [0.25, 0.3) is 0 Å². The average Bonchev–Trinajstić information content (AvgIpc) is 3.23. The highest BCUT2D eigenvalue weighted by atomic mass is 16.5. The Hall–Kier alpha value is -2.48. The molecule has 1 aliphatic carbocycles. The second kappa shape index (κ2) is 12.2. The molecule has 0 atom stereocenters. The molecule has 2 N–H and O–H groups in total. The van der Waals surface area contributed by atoms with Crippen LogP contribution in [-0.2, 0) is 16.1 Å². The summed E-state index contributed by atoms with van der Waals surface area (Å²) in [6, 6.07) is 5.81. The molecule has 0 bridgehead atoms. The highest BCUT2D eigenvalue weighted by Crippen LogP contribution is 2.30. The third-order valence-corrected chi connectivity index (χ3v) is 4.78. The van der Waals surface area contributed by atoms with Gasteiger partial charge in [0.05, 0.1) is 32.9 Å². The number of carbonyl (C=O) groups is 1. The number of aliphatic imine (C=N–C) groups is 1. The lowest BCUT2D eigenvalue weighted by molar-refractivity contribution is -0.127. The van der Waals surface area contributed by atoms with Crippen molar-refractivity contribution in [2.45, 2.75) is 38.3 Å². The lowest BCUT2D eigenvalue weighted by Gasteiger charge is -2.18. The van der Waals surface area contributed by atoms with Crippen LogP contribution in [0.2, 0.25) is 0 Å². The first-order valence-electron chi connectivity index (χ1n) is 10.1. The van der Waals surface area contributed by atoms with E-state index < -0.39 is 0 Å². The predicted molar refractivity (Wildman–Crippen MR) is 114 cm³/mol. The molecule has 0 aliphatic heterocycles. The molecular weight excluding hydrogens is 372 g/mol. The molecule has 1 aromatic rings. The van der Waals surface area contributed by atoms with Crippen LogP contribution in [0.25, 0.3) is 0 Å². The third kappa shape index (κ3) is 7.81. The summed E-state index contributed by atoms with van der Waals surface area (Å²) in [7, 11) is 6.74. The van der Waals surface area contributed by atoms with Gasteiger partial charge in [0.1, 0.15) is 11.5 Å². The van der Waals surface area contributed by atoms with Crippen LogP contribution < -0.4 is 20.1 Å². The average molecular weight is 407 g/mol. The van der Waals surface area contributed by atoms with Crippen LogP contribution in [0.1, 0.15) is 31.2 Å². The van der Waals surface area contributed by atoms with E-state index in [0.717, 1.165) is 29.9 Å². The standard InChI is InChI=1S/C21H34N4O4/c1-25(2)20(26)15-24-21(22-11-12-27-3)23-14-16-9-10-18(28-4)13-19(16)29-17-7-5-6-8-17/h9-10,13,17H,5-8,11-12,14-15H2,1-4H3,(H2,22,23,24). The minimum Gasteiger partial charge on any atom is -0.497 e. The van der Waals surface area contributed by atoms with Gasteiger partial charge in [0, 0.05) is 39.4 Å². The van der Waals surface area contributed by atoms with Gasteiger partial charge in [0.15, 0.2) is 5.96 Å². The Morgan fingerprint density at radius 2 is 1.97 bits per heavy atom. The summed E-state index contributed by atoms with van der Waals surface area (Å²) >= 11 is 0. The Kier molecular flexibility index (Phi) is 9.56. The Labute approximate surface area is 173 Å². The van der Waals surface area contributed by atoms with Crippen molar-refractivity contribution in [2.24, 2.45) is 4.99 Å². The van der Waals surface area contributed by atoms with E-state index >= 15 is 0 Å². The topological polar surface area (TPSA) is 84.4 Å². The molecule has 2 rings (SSSR count). The maximum Gasteiger partial charge on any atom is 0.241 e. The highest BCUT2D eigenvalue weighted by Gasteiger charge is 2.18. The van der Waals surface area contributed by atoms with Gasteiger partial charge in [-0.05, 0) is 37.8 Å². The number of ether oxygens (including phenoxy) is 3. The van der Waals surface area contributed by atoms with Crippen LogP contribution in [0.4, 0.5) is 0 Å². The summed E-state index contributed by atoms with van der Waals surface area (Å²) in [5.41, 5.74) is 0.976. The number of likely N-dealkylation sites (N-methyl/N-ethyl adjacent to an activating group) is 1. The van der Waals surface area contributed by atoms with E-state index in [2.05, 4.69) is 15.6 Å². The minimum absolute atomic E-state index is 0.0269. The number of guanidine groups is 1. The van der Waals surface area contributed by atoms with Crippen LogP contribution >= 0.6 is 0 Å². The van der Waals surface area contributed by atoms with E-state index in [1.54, 1.807) is 28.3 Å². The Balaban J connectivity index is 2.10. The molecule has 0 heterocycles. The van der Waals surface area contributed by atoms with Crippen LogP contribution in [0.3, 0.4) is 0 Å². The Bertz CT molecular complexity index is 673. The van der Waals surface area contributed by atoms with Gasteiger partial charge in [-0.15, -0.1) is 0 Å². The molecule has 1 fully saturated rings. The van der Waals surface area contributed by atoms with Crippen molar-refractivity contribution in [1.82, 2.24) is 15.5 Å². The zero-order valence-electron chi connectivity index (χ0n) is 18.0. The molecule has 0 saturated heterocycles. The van der Waals surface area contributed by atoms with Crippen molar-refractivity contribution in [1.29, 1.82) is 0 Å². The Morgan fingerprint density at radius 3 is 2.62 bits per heavy atom. The van der Waals surface area contributed by atoms with Crippen molar-refractivity contribution in [3.63, 3.8) is 0 Å². The van der Waals surface area contributed by atoms with Crippen molar-refractivity contribution in [3.8, 4) is 11.5 Å². The number of methoxy groups -OCH3 is 2. The number of benzene rings is 1. The molecule has 0 unspecified atom stereocenters. The second-order valence-corrected chi connectivity index (χ2v) is 7.22. The van der Waals surface area contributed by atoms with Crippen molar-refractivity contribution in [2.75, 3.05) is 48.0 Å². The monoisotopic (exact) mass is 406 g/mol. The third-order valence-electron chi connectivity index (χ3n) is 4.78. The lowest BCUT2D eigenvalue weighted by Crippen LogP contribution is -2.43. The van der Waals surface area contributed by atoms with E-state index in [4.69, 9.17) is 14.2 Å². The predicted octanol–water partition coefficient (Wildman–Crippen LogP) is 1.79. The summed E-state index contributed by atoms with van der Waals surface area (Å²) in [5, 5.41) is 6.25. The number of carbonyl (C=O) groups excluding carboxylic acids is 1. The molecule has 162 valence electrons. The molecule has 1 amide bonds. The molecule has 0 aromatic heterocycles. The quantitative estimate of drug-likeness (QED) is 0.350. The molecule has 8 heteroatoms. The van der Waals surface area contributed by atoms with E-state index in [9.17, 15) is 4.79 Å². The molecular formula is C21H34N4O4. The molecule has 1 aliphatic rings. The van der Waals surface area contributed by atoms with Gasteiger partial charge in [-0.1, -0.05) is 0 Å².